The third kappa shape index (κ3) is 4.71. The molecule has 1 aromatic carbocycles. The summed E-state index contributed by atoms with van der Waals surface area (Å²) in [7, 11) is 3.17. The summed E-state index contributed by atoms with van der Waals surface area (Å²) in [6.45, 7) is 2.43. The molecular formula is C14H21N3O4. The predicted molar refractivity (Wildman–Crippen MR) is 80.7 cm³/mol. The average Bonchev–Trinajstić information content (AvgIpc) is 2.46. The molecule has 7 heteroatoms. The van der Waals surface area contributed by atoms with E-state index in [9.17, 15) is 14.9 Å². The van der Waals surface area contributed by atoms with E-state index in [1.807, 2.05) is 6.92 Å². The van der Waals surface area contributed by atoms with Crippen LogP contribution in [0.5, 0.6) is 0 Å². The Kier molecular flexibility index (Phi) is 6.61. The summed E-state index contributed by atoms with van der Waals surface area (Å²) in [5.74, 6) is -0.337. The smallest absolute Gasteiger partial charge is 0.293 e. The summed E-state index contributed by atoms with van der Waals surface area (Å²) in [5, 5.41) is 16.6. The number of methoxy groups -OCH3 is 1. The van der Waals surface area contributed by atoms with Crippen LogP contribution in [0.2, 0.25) is 0 Å². The van der Waals surface area contributed by atoms with Gasteiger partial charge in [0, 0.05) is 25.8 Å². The highest BCUT2D eigenvalue weighted by atomic mass is 16.6. The Hall–Kier alpha value is -2.15. The minimum Gasteiger partial charge on any atom is -0.383 e. The van der Waals surface area contributed by atoms with E-state index in [-0.39, 0.29) is 23.2 Å². The number of nitro benzene ring substituents is 1. The minimum absolute atomic E-state index is 0.101. The highest BCUT2D eigenvalue weighted by Gasteiger charge is 2.18. The monoisotopic (exact) mass is 295 g/mol. The standard InChI is InChI=1S/C14H21N3O4/c1-4-5-11(9-21-3)16-14(18)10-6-7-12(15-2)13(8-10)17(19)20/h6-8,11,15H,4-5,9H2,1-3H3,(H,16,18). The second-order valence-electron chi connectivity index (χ2n) is 4.65. The van der Waals surface area contributed by atoms with E-state index in [0.717, 1.165) is 12.8 Å². The lowest BCUT2D eigenvalue weighted by Gasteiger charge is -2.17. The van der Waals surface area contributed by atoms with Crippen LogP contribution in [-0.2, 0) is 4.74 Å². The van der Waals surface area contributed by atoms with E-state index in [0.29, 0.717) is 12.3 Å². The quantitative estimate of drug-likeness (QED) is 0.566. The molecule has 0 aliphatic carbocycles. The highest BCUT2D eigenvalue weighted by molar-refractivity contribution is 5.95. The molecule has 0 aliphatic heterocycles. The van der Waals surface area contributed by atoms with Gasteiger partial charge in [-0.25, -0.2) is 0 Å². The van der Waals surface area contributed by atoms with Gasteiger partial charge in [0.05, 0.1) is 17.6 Å². The molecule has 116 valence electrons. The van der Waals surface area contributed by atoms with Gasteiger partial charge < -0.3 is 15.4 Å². The van der Waals surface area contributed by atoms with Gasteiger partial charge in [-0.2, -0.15) is 0 Å². The van der Waals surface area contributed by atoms with Crippen molar-refractivity contribution in [1.82, 2.24) is 5.32 Å². The lowest BCUT2D eigenvalue weighted by molar-refractivity contribution is -0.384. The summed E-state index contributed by atoms with van der Waals surface area (Å²) >= 11 is 0. The van der Waals surface area contributed by atoms with E-state index < -0.39 is 4.92 Å². The molecule has 0 fully saturated rings. The number of benzene rings is 1. The Morgan fingerprint density at radius 1 is 1.48 bits per heavy atom. The van der Waals surface area contributed by atoms with Gasteiger partial charge in [-0.15, -0.1) is 0 Å². The number of nitro groups is 1. The maximum atomic E-state index is 12.2. The molecule has 0 aromatic heterocycles. The highest BCUT2D eigenvalue weighted by Crippen LogP contribution is 2.25. The molecule has 0 radical (unpaired) electrons. The molecule has 0 bridgehead atoms. The van der Waals surface area contributed by atoms with Crippen LogP contribution in [-0.4, -0.2) is 37.6 Å². The second-order valence-corrected chi connectivity index (χ2v) is 4.65. The zero-order valence-corrected chi connectivity index (χ0v) is 12.5. The van der Waals surface area contributed by atoms with Crippen molar-refractivity contribution in [1.29, 1.82) is 0 Å². The third-order valence-electron chi connectivity index (χ3n) is 3.07. The first-order chi connectivity index (χ1) is 10.0. The van der Waals surface area contributed by atoms with Crippen LogP contribution in [0.3, 0.4) is 0 Å². The fraction of sp³-hybridized carbons (Fsp3) is 0.500. The van der Waals surface area contributed by atoms with E-state index in [1.54, 1.807) is 20.2 Å². The topological polar surface area (TPSA) is 93.5 Å². The Morgan fingerprint density at radius 3 is 2.71 bits per heavy atom. The molecule has 2 N–H and O–H groups in total. The van der Waals surface area contributed by atoms with Crippen molar-refractivity contribution in [2.45, 2.75) is 25.8 Å². The van der Waals surface area contributed by atoms with Crippen molar-refractivity contribution in [3.05, 3.63) is 33.9 Å². The Balaban J connectivity index is 2.91. The zero-order chi connectivity index (χ0) is 15.8. The van der Waals surface area contributed by atoms with Gasteiger partial charge >= 0.3 is 0 Å². The number of amides is 1. The van der Waals surface area contributed by atoms with Crippen LogP contribution < -0.4 is 10.6 Å². The summed E-state index contributed by atoms with van der Waals surface area (Å²) in [4.78, 5) is 22.7. The zero-order valence-electron chi connectivity index (χ0n) is 12.5. The summed E-state index contributed by atoms with van der Waals surface area (Å²) in [5.41, 5.74) is 0.514. The number of carbonyl (C=O) groups excluding carboxylic acids is 1. The van der Waals surface area contributed by atoms with Crippen LogP contribution in [0.25, 0.3) is 0 Å². The number of hydrogen-bond donors (Lipinski definition) is 2. The molecule has 1 rings (SSSR count). The number of anilines is 1. The molecule has 1 aromatic rings. The van der Waals surface area contributed by atoms with Crippen molar-refractivity contribution < 1.29 is 14.5 Å². The molecule has 1 unspecified atom stereocenters. The first kappa shape index (κ1) is 16.9. The normalized spacial score (nSPS) is 11.8. The van der Waals surface area contributed by atoms with E-state index in [1.165, 1.54) is 12.1 Å². The maximum absolute atomic E-state index is 12.2. The lowest BCUT2D eigenvalue weighted by Crippen LogP contribution is -2.37. The summed E-state index contributed by atoms with van der Waals surface area (Å²) in [6.07, 6.45) is 1.70. The van der Waals surface area contributed by atoms with Gasteiger partial charge in [0.1, 0.15) is 5.69 Å². The number of nitrogens with zero attached hydrogens (tertiary/aromatic N) is 1. The third-order valence-corrected chi connectivity index (χ3v) is 3.07. The van der Waals surface area contributed by atoms with Gasteiger partial charge in [-0.3, -0.25) is 14.9 Å². The largest absolute Gasteiger partial charge is 0.383 e. The fourth-order valence-electron chi connectivity index (χ4n) is 2.05. The van der Waals surface area contributed by atoms with E-state index in [4.69, 9.17) is 4.74 Å². The molecule has 0 heterocycles. The van der Waals surface area contributed by atoms with Gasteiger partial charge in [-0.1, -0.05) is 13.3 Å². The molecule has 1 atom stereocenters. The van der Waals surface area contributed by atoms with Crippen LogP contribution in [0.15, 0.2) is 18.2 Å². The van der Waals surface area contributed by atoms with Crippen molar-refractivity contribution >= 4 is 17.3 Å². The lowest BCUT2D eigenvalue weighted by atomic mass is 10.1. The molecule has 0 saturated heterocycles. The first-order valence-electron chi connectivity index (χ1n) is 6.79. The maximum Gasteiger partial charge on any atom is 0.293 e. The van der Waals surface area contributed by atoms with E-state index in [2.05, 4.69) is 10.6 Å². The van der Waals surface area contributed by atoms with Crippen LogP contribution in [0, 0.1) is 10.1 Å². The van der Waals surface area contributed by atoms with Crippen molar-refractivity contribution in [2.24, 2.45) is 0 Å². The number of hydrogen-bond acceptors (Lipinski definition) is 5. The Bertz CT molecular complexity index is 499. The average molecular weight is 295 g/mol. The second kappa shape index (κ2) is 8.21. The SMILES string of the molecule is CCCC(COC)NC(=O)c1ccc(NC)c([N+](=O)[O-])c1. The summed E-state index contributed by atoms with van der Waals surface area (Å²) in [6, 6.07) is 4.26. The molecule has 1 amide bonds. The van der Waals surface area contributed by atoms with Crippen molar-refractivity contribution in [3.63, 3.8) is 0 Å². The van der Waals surface area contributed by atoms with Crippen LogP contribution in [0.4, 0.5) is 11.4 Å². The first-order valence-corrected chi connectivity index (χ1v) is 6.79. The number of rotatable bonds is 8. The number of nitrogens with one attached hydrogen (secondary N) is 2. The van der Waals surface area contributed by atoms with Gasteiger partial charge in [0.2, 0.25) is 0 Å². The molecular weight excluding hydrogens is 274 g/mol. The molecule has 21 heavy (non-hydrogen) atoms. The van der Waals surface area contributed by atoms with Crippen molar-refractivity contribution in [3.8, 4) is 0 Å². The minimum atomic E-state index is -0.513. The van der Waals surface area contributed by atoms with E-state index >= 15 is 0 Å². The van der Waals surface area contributed by atoms with Crippen molar-refractivity contribution in [2.75, 3.05) is 26.1 Å². The number of ether oxygens (including phenoxy) is 1. The Labute approximate surface area is 123 Å². The van der Waals surface area contributed by atoms with Crippen LogP contribution in [0.1, 0.15) is 30.1 Å². The molecule has 7 nitrogen and oxygen atoms in total. The molecule has 0 aliphatic rings. The van der Waals surface area contributed by atoms with Crippen LogP contribution >= 0.6 is 0 Å². The van der Waals surface area contributed by atoms with Gasteiger partial charge in [0.25, 0.3) is 11.6 Å². The molecule has 0 saturated carbocycles. The van der Waals surface area contributed by atoms with Gasteiger partial charge in [-0.05, 0) is 18.6 Å². The van der Waals surface area contributed by atoms with Gasteiger partial charge in [0.15, 0.2) is 0 Å². The fourth-order valence-corrected chi connectivity index (χ4v) is 2.05. The Morgan fingerprint density at radius 2 is 2.19 bits per heavy atom. The summed E-state index contributed by atoms with van der Waals surface area (Å²) < 4.78 is 5.06. The predicted octanol–water partition coefficient (Wildman–Crippen LogP) is 2.18. The number of carbonyl (C=O) groups is 1. The molecule has 0 spiro atoms.